The van der Waals surface area contributed by atoms with Gasteiger partial charge in [0.2, 0.25) is 5.91 Å². The minimum atomic E-state index is -0.667. The number of ether oxygens (including phenoxy) is 1. The van der Waals surface area contributed by atoms with Gasteiger partial charge in [0.05, 0.1) is 0 Å². The van der Waals surface area contributed by atoms with Crippen molar-refractivity contribution in [2.24, 2.45) is 0 Å². The number of amides is 2. The second-order valence-corrected chi connectivity index (χ2v) is 8.22. The quantitative estimate of drug-likeness (QED) is 0.682. The van der Waals surface area contributed by atoms with Gasteiger partial charge in [-0.05, 0) is 56.0 Å². The molecule has 0 aliphatic heterocycles. The van der Waals surface area contributed by atoms with Crippen LogP contribution in [0.15, 0.2) is 48.5 Å². The summed E-state index contributed by atoms with van der Waals surface area (Å²) in [5, 5.41) is 3.10. The number of benzene rings is 2. The smallest absolute Gasteiger partial charge is 0.261 e. The summed E-state index contributed by atoms with van der Waals surface area (Å²) in [5.74, 6) is -0.165. The third kappa shape index (κ3) is 6.54. The number of halogens is 1. The van der Waals surface area contributed by atoms with Crippen LogP contribution in [0, 0.1) is 12.7 Å². The molecule has 1 fully saturated rings. The fraction of sp³-hybridized carbons (Fsp3) is 0.440. The molecule has 0 bridgehead atoms. The van der Waals surface area contributed by atoms with Crippen LogP contribution in [0.25, 0.3) is 0 Å². The van der Waals surface area contributed by atoms with Crippen molar-refractivity contribution in [3.05, 3.63) is 65.5 Å². The molecule has 0 radical (unpaired) electrons. The highest BCUT2D eigenvalue weighted by Gasteiger charge is 2.28. The zero-order valence-corrected chi connectivity index (χ0v) is 18.3. The first kappa shape index (κ1) is 22.8. The second-order valence-electron chi connectivity index (χ2n) is 8.22. The minimum absolute atomic E-state index is 0.162. The molecule has 2 aromatic carbocycles. The molecule has 1 aliphatic rings. The zero-order valence-electron chi connectivity index (χ0n) is 18.3. The maximum absolute atomic E-state index is 13.3. The Morgan fingerprint density at radius 3 is 2.45 bits per heavy atom. The summed E-state index contributed by atoms with van der Waals surface area (Å²) in [6.45, 7) is 3.67. The van der Waals surface area contributed by atoms with E-state index >= 15 is 0 Å². The molecule has 0 spiro atoms. The summed E-state index contributed by atoms with van der Waals surface area (Å²) >= 11 is 0. The Labute approximate surface area is 183 Å². The largest absolute Gasteiger partial charge is 0.484 e. The standard InChI is InChI=1S/C25H31FN2O3/c1-18-8-6-7-11-23(18)31-17-24(29)28(16-20-12-14-21(26)15-13-20)19(2)25(30)27-22-9-4-3-5-10-22/h6-8,11-15,19,22H,3-5,9-10,16-17H2,1-2H3,(H,27,30). The number of hydrogen-bond acceptors (Lipinski definition) is 3. The molecule has 1 atom stereocenters. The molecule has 166 valence electrons. The van der Waals surface area contributed by atoms with Gasteiger partial charge in [0, 0.05) is 12.6 Å². The van der Waals surface area contributed by atoms with Crippen LogP contribution in [-0.2, 0) is 16.1 Å². The van der Waals surface area contributed by atoms with Crippen LogP contribution in [0.4, 0.5) is 4.39 Å². The summed E-state index contributed by atoms with van der Waals surface area (Å²) in [5.41, 5.74) is 1.69. The average Bonchev–Trinajstić information content (AvgIpc) is 2.78. The first-order valence-corrected chi connectivity index (χ1v) is 11.0. The summed E-state index contributed by atoms with van der Waals surface area (Å²) in [4.78, 5) is 27.5. The highest BCUT2D eigenvalue weighted by atomic mass is 19.1. The molecule has 1 N–H and O–H groups in total. The van der Waals surface area contributed by atoms with Gasteiger partial charge in [0.15, 0.2) is 6.61 Å². The van der Waals surface area contributed by atoms with Gasteiger partial charge in [-0.1, -0.05) is 49.6 Å². The van der Waals surface area contributed by atoms with Crippen LogP contribution >= 0.6 is 0 Å². The Hall–Kier alpha value is -2.89. The van der Waals surface area contributed by atoms with Gasteiger partial charge in [0.25, 0.3) is 5.91 Å². The van der Waals surface area contributed by atoms with Crippen LogP contribution in [-0.4, -0.2) is 35.4 Å². The summed E-state index contributed by atoms with van der Waals surface area (Å²) in [7, 11) is 0. The van der Waals surface area contributed by atoms with Gasteiger partial charge in [-0.2, -0.15) is 0 Å². The van der Waals surface area contributed by atoms with E-state index in [1.54, 1.807) is 19.1 Å². The Kier molecular flexibility index (Phi) is 8.04. The predicted octanol–water partition coefficient (Wildman–Crippen LogP) is 4.38. The molecule has 31 heavy (non-hydrogen) atoms. The van der Waals surface area contributed by atoms with Crippen molar-refractivity contribution in [2.75, 3.05) is 6.61 Å². The molecule has 0 saturated heterocycles. The first-order valence-electron chi connectivity index (χ1n) is 11.0. The van der Waals surface area contributed by atoms with Gasteiger partial charge in [0.1, 0.15) is 17.6 Å². The van der Waals surface area contributed by atoms with Crippen LogP contribution in [0.5, 0.6) is 5.75 Å². The lowest BCUT2D eigenvalue weighted by Crippen LogP contribution is -2.51. The number of carbonyl (C=O) groups excluding carboxylic acids is 2. The number of nitrogens with one attached hydrogen (secondary N) is 1. The monoisotopic (exact) mass is 426 g/mol. The number of carbonyl (C=O) groups is 2. The molecule has 6 heteroatoms. The highest BCUT2D eigenvalue weighted by Crippen LogP contribution is 2.19. The van der Waals surface area contributed by atoms with Gasteiger partial charge >= 0.3 is 0 Å². The molecular formula is C25H31FN2O3. The van der Waals surface area contributed by atoms with E-state index in [2.05, 4.69) is 5.32 Å². The van der Waals surface area contributed by atoms with Crippen molar-refractivity contribution in [3.63, 3.8) is 0 Å². The van der Waals surface area contributed by atoms with Crippen LogP contribution < -0.4 is 10.1 Å². The van der Waals surface area contributed by atoms with Crippen molar-refractivity contribution in [3.8, 4) is 5.75 Å². The highest BCUT2D eigenvalue weighted by molar-refractivity contribution is 5.88. The van der Waals surface area contributed by atoms with E-state index in [1.165, 1.54) is 23.5 Å². The predicted molar refractivity (Wildman–Crippen MR) is 118 cm³/mol. The molecule has 1 unspecified atom stereocenters. The minimum Gasteiger partial charge on any atom is -0.484 e. The molecule has 2 aromatic rings. The fourth-order valence-corrected chi connectivity index (χ4v) is 3.88. The molecular weight excluding hydrogens is 395 g/mol. The fourth-order valence-electron chi connectivity index (χ4n) is 3.88. The van der Waals surface area contributed by atoms with Crippen molar-refractivity contribution >= 4 is 11.8 Å². The van der Waals surface area contributed by atoms with E-state index in [4.69, 9.17) is 4.74 Å². The van der Waals surface area contributed by atoms with E-state index in [1.807, 2.05) is 31.2 Å². The van der Waals surface area contributed by atoms with Crippen LogP contribution in [0.2, 0.25) is 0 Å². The molecule has 0 aromatic heterocycles. The van der Waals surface area contributed by atoms with Crippen molar-refractivity contribution in [1.82, 2.24) is 10.2 Å². The Morgan fingerprint density at radius 1 is 1.10 bits per heavy atom. The first-order chi connectivity index (χ1) is 14.9. The Balaban J connectivity index is 1.70. The van der Waals surface area contributed by atoms with Gasteiger partial charge in [-0.3, -0.25) is 9.59 Å². The van der Waals surface area contributed by atoms with E-state index in [0.29, 0.717) is 5.75 Å². The van der Waals surface area contributed by atoms with E-state index in [0.717, 1.165) is 36.8 Å². The number of aryl methyl sites for hydroxylation is 1. The average molecular weight is 427 g/mol. The third-order valence-corrected chi connectivity index (χ3v) is 5.83. The summed E-state index contributed by atoms with van der Waals surface area (Å²) < 4.78 is 19.0. The number of hydrogen-bond donors (Lipinski definition) is 1. The van der Waals surface area contributed by atoms with Crippen LogP contribution in [0.1, 0.15) is 50.2 Å². The maximum atomic E-state index is 13.3. The molecule has 3 rings (SSSR count). The summed E-state index contributed by atoms with van der Waals surface area (Å²) in [6, 6.07) is 12.9. The molecule has 1 aliphatic carbocycles. The normalized spacial score (nSPS) is 15.2. The lowest BCUT2D eigenvalue weighted by molar-refractivity contribution is -0.142. The second kappa shape index (κ2) is 10.9. The van der Waals surface area contributed by atoms with Crippen molar-refractivity contribution in [1.29, 1.82) is 0 Å². The van der Waals surface area contributed by atoms with E-state index < -0.39 is 6.04 Å². The lowest BCUT2D eigenvalue weighted by atomic mass is 9.95. The van der Waals surface area contributed by atoms with Gasteiger partial charge in [-0.25, -0.2) is 4.39 Å². The molecule has 1 saturated carbocycles. The third-order valence-electron chi connectivity index (χ3n) is 5.83. The van der Waals surface area contributed by atoms with Gasteiger partial charge in [-0.15, -0.1) is 0 Å². The SMILES string of the molecule is Cc1ccccc1OCC(=O)N(Cc1ccc(F)cc1)C(C)C(=O)NC1CCCCC1. The molecule has 5 nitrogen and oxygen atoms in total. The number of para-hydroxylation sites is 1. The van der Waals surface area contributed by atoms with E-state index in [9.17, 15) is 14.0 Å². The van der Waals surface area contributed by atoms with Crippen molar-refractivity contribution in [2.45, 2.75) is 64.6 Å². The lowest BCUT2D eigenvalue weighted by Gasteiger charge is -2.31. The molecule has 2 amide bonds. The summed E-state index contributed by atoms with van der Waals surface area (Å²) in [6.07, 6.45) is 5.37. The van der Waals surface area contributed by atoms with Gasteiger partial charge < -0.3 is 15.0 Å². The number of nitrogens with zero attached hydrogens (tertiary/aromatic N) is 1. The molecule has 0 heterocycles. The topological polar surface area (TPSA) is 58.6 Å². The maximum Gasteiger partial charge on any atom is 0.261 e. The van der Waals surface area contributed by atoms with Crippen LogP contribution in [0.3, 0.4) is 0 Å². The van der Waals surface area contributed by atoms with E-state index in [-0.39, 0.29) is 36.8 Å². The zero-order chi connectivity index (χ0) is 22.2. The number of rotatable bonds is 8. The Morgan fingerprint density at radius 2 is 1.77 bits per heavy atom. The Bertz CT molecular complexity index is 879. The van der Waals surface area contributed by atoms with Crippen molar-refractivity contribution < 1.29 is 18.7 Å².